The lowest BCUT2D eigenvalue weighted by atomic mass is 10.0. The SMILES string of the molecule is COC(=O)[C@@H]1OC(C)(C)OC1c1ccccc1Cl. The topological polar surface area (TPSA) is 44.8 Å². The van der Waals surface area contributed by atoms with E-state index >= 15 is 0 Å². The van der Waals surface area contributed by atoms with Gasteiger partial charge in [-0.15, -0.1) is 0 Å². The molecule has 0 aromatic heterocycles. The van der Waals surface area contributed by atoms with Gasteiger partial charge in [0.2, 0.25) is 0 Å². The van der Waals surface area contributed by atoms with Gasteiger partial charge in [0.25, 0.3) is 0 Å². The van der Waals surface area contributed by atoms with Crippen molar-refractivity contribution in [1.29, 1.82) is 0 Å². The molecule has 0 amide bonds. The van der Waals surface area contributed by atoms with E-state index < -0.39 is 24.0 Å². The van der Waals surface area contributed by atoms with Crippen LogP contribution in [0.15, 0.2) is 24.3 Å². The van der Waals surface area contributed by atoms with Crippen LogP contribution in [-0.2, 0) is 19.0 Å². The number of methoxy groups -OCH3 is 1. The lowest BCUT2D eigenvalue weighted by Gasteiger charge is -2.17. The van der Waals surface area contributed by atoms with Crippen molar-refractivity contribution in [3.8, 4) is 0 Å². The fourth-order valence-electron chi connectivity index (χ4n) is 1.98. The van der Waals surface area contributed by atoms with Gasteiger partial charge in [-0.3, -0.25) is 0 Å². The number of carbonyl (C=O) groups is 1. The van der Waals surface area contributed by atoms with Gasteiger partial charge < -0.3 is 14.2 Å². The summed E-state index contributed by atoms with van der Waals surface area (Å²) in [5.74, 6) is -1.31. The molecule has 18 heavy (non-hydrogen) atoms. The number of benzene rings is 1. The molecule has 4 nitrogen and oxygen atoms in total. The third-order valence-electron chi connectivity index (χ3n) is 2.74. The van der Waals surface area contributed by atoms with Gasteiger partial charge in [0.1, 0.15) is 6.10 Å². The fourth-order valence-corrected chi connectivity index (χ4v) is 2.23. The minimum atomic E-state index is -0.845. The Morgan fingerprint density at radius 3 is 2.61 bits per heavy atom. The van der Waals surface area contributed by atoms with Crippen LogP contribution in [-0.4, -0.2) is 25.0 Å². The molecule has 1 aliphatic heterocycles. The monoisotopic (exact) mass is 270 g/mol. The number of ether oxygens (including phenoxy) is 3. The highest BCUT2D eigenvalue weighted by Crippen LogP contribution is 2.40. The van der Waals surface area contributed by atoms with Crippen LogP contribution in [0.1, 0.15) is 25.5 Å². The maximum absolute atomic E-state index is 11.7. The summed E-state index contributed by atoms with van der Waals surface area (Å²) in [5, 5.41) is 0.540. The maximum Gasteiger partial charge on any atom is 0.338 e. The van der Waals surface area contributed by atoms with Crippen molar-refractivity contribution in [3.05, 3.63) is 34.9 Å². The highest BCUT2D eigenvalue weighted by molar-refractivity contribution is 6.31. The highest BCUT2D eigenvalue weighted by Gasteiger charge is 2.47. The Morgan fingerprint density at radius 1 is 1.33 bits per heavy atom. The zero-order valence-corrected chi connectivity index (χ0v) is 11.2. The summed E-state index contributed by atoms with van der Waals surface area (Å²) >= 11 is 6.12. The molecule has 1 aliphatic rings. The molecule has 2 rings (SSSR count). The standard InChI is InChI=1S/C13H15ClO4/c1-13(2)17-10(11(18-13)12(15)16-3)8-6-4-5-7-9(8)14/h4-7,10-11H,1-3H3/t10?,11-/m1/s1. The molecule has 0 saturated carbocycles. The van der Waals surface area contributed by atoms with Crippen molar-refractivity contribution in [2.75, 3.05) is 7.11 Å². The van der Waals surface area contributed by atoms with Gasteiger partial charge in [-0.05, 0) is 19.9 Å². The van der Waals surface area contributed by atoms with E-state index in [4.69, 9.17) is 25.8 Å². The predicted molar refractivity (Wildman–Crippen MR) is 66.2 cm³/mol. The Hall–Kier alpha value is -1.10. The molecule has 98 valence electrons. The summed E-state index contributed by atoms with van der Waals surface area (Å²) in [7, 11) is 1.32. The molecule has 1 unspecified atom stereocenters. The normalized spacial score (nSPS) is 26.0. The zero-order valence-electron chi connectivity index (χ0n) is 10.5. The molecule has 1 aromatic carbocycles. The quantitative estimate of drug-likeness (QED) is 0.775. The highest BCUT2D eigenvalue weighted by atomic mass is 35.5. The molecule has 5 heteroatoms. The van der Waals surface area contributed by atoms with Crippen LogP contribution in [0.25, 0.3) is 0 Å². The molecule has 1 fully saturated rings. The third-order valence-corrected chi connectivity index (χ3v) is 3.09. The first kappa shape index (κ1) is 13.3. The Bertz CT molecular complexity index is 458. The number of carbonyl (C=O) groups excluding carboxylic acids is 1. The Morgan fingerprint density at radius 2 is 2.00 bits per heavy atom. The molecule has 2 atom stereocenters. The van der Waals surface area contributed by atoms with E-state index in [1.165, 1.54) is 7.11 Å². The molecule has 1 heterocycles. The van der Waals surface area contributed by atoms with Crippen molar-refractivity contribution in [2.24, 2.45) is 0 Å². The number of halogens is 1. The Balaban J connectivity index is 2.35. The second-order valence-corrected chi connectivity index (χ2v) is 4.93. The molecule has 0 bridgehead atoms. The van der Waals surface area contributed by atoms with Crippen LogP contribution >= 0.6 is 11.6 Å². The lowest BCUT2D eigenvalue weighted by molar-refractivity contribution is -0.168. The van der Waals surface area contributed by atoms with E-state index in [0.717, 1.165) is 5.56 Å². The van der Waals surface area contributed by atoms with Crippen LogP contribution in [0.3, 0.4) is 0 Å². The Kier molecular flexibility index (Phi) is 3.61. The smallest absolute Gasteiger partial charge is 0.338 e. The number of hydrogen-bond donors (Lipinski definition) is 0. The molecule has 1 aromatic rings. The Labute approximate surface area is 111 Å². The average molecular weight is 271 g/mol. The second kappa shape index (κ2) is 4.88. The first-order valence-electron chi connectivity index (χ1n) is 5.62. The first-order valence-corrected chi connectivity index (χ1v) is 6.00. The van der Waals surface area contributed by atoms with Crippen LogP contribution in [0.4, 0.5) is 0 Å². The molecular formula is C13H15ClO4. The van der Waals surface area contributed by atoms with Crippen LogP contribution < -0.4 is 0 Å². The van der Waals surface area contributed by atoms with Gasteiger partial charge in [-0.1, -0.05) is 29.8 Å². The van der Waals surface area contributed by atoms with Crippen molar-refractivity contribution in [3.63, 3.8) is 0 Å². The van der Waals surface area contributed by atoms with Crippen LogP contribution in [0.5, 0.6) is 0 Å². The zero-order chi connectivity index (χ0) is 13.3. The van der Waals surface area contributed by atoms with Gasteiger partial charge in [0, 0.05) is 10.6 Å². The van der Waals surface area contributed by atoms with Crippen molar-refractivity contribution in [1.82, 2.24) is 0 Å². The average Bonchev–Trinajstić information content (AvgIpc) is 2.65. The summed E-state index contributed by atoms with van der Waals surface area (Å²) < 4.78 is 16.0. The van der Waals surface area contributed by atoms with E-state index in [1.54, 1.807) is 19.9 Å². The molecule has 0 aliphatic carbocycles. The van der Waals surface area contributed by atoms with Gasteiger partial charge in [0.05, 0.1) is 7.11 Å². The fraction of sp³-hybridized carbons (Fsp3) is 0.462. The molecule has 0 spiro atoms. The van der Waals surface area contributed by atoms with E-state index in [2.05, 4.69) is 0 Å². The summed E-state index contributed by atoms with van der Waals surface area (Å²) in [5.41, 5.74) is 0.722. The summed E-state index contributed by atoms with van der Waals surface area (Å²) in [6, 6.07) is 7.22. The van der Waals surface area contributed by atoms with Gasteiger partial charge in [0.15, 0.2) is 11.9 Å². The minimum Gasteiger partial charge on any atom is -0.467 e. The third kappa shape index (κ3) is 2.51. The largest absolute Gasteiger partial charge is 0.467 e. The maximum atomic E-state index is 11.7. The number of esters is 1. The van der Waals surface area contributed by atoms with Crippen molar-refractivity contribution in [2.45, 2.75) is 31.8 Å². The summed E-state index contributed by atoms with van der Waals surface area (Å²) in [6.07, 6.45) is -1.36. The molecule has 0 N–H and O–H groups in total. The predicted octanol–water partition coefficient (Wildman–Crippen LogP) is 2.71. The number of rotatable bonds is 2. The van der Waals surface area contributed by atoms with Crippen LogP contribution in [0, 0.1) is 0 Å². The first-order chi connectivity index (χ1) is 8.44. The van der Waals surface area contributed by atoms with Crippen molar-refractivity contribution < 1.29 is 19.0 Å². The van der Waals surface area contributed by atoms with E-state index in [1.807, 2.05) is 18.2 Å². The lowest BCUT2D eigenvalue weighted by Crippen LogP contribution is -2.29. The minimum absolute atomic E-state index is 0.467. The van der Waals surface area contributed by atoms with Gasteiger partial charge in [-0.2, -0.15) is 0 Å². The second-order valence-electron chi connectivity index (χ2n) is 4.52. The van der Waals surface area contributed by atoms with E-state index in [0.29, 0.717) is 5.02 Å². The summed E-state index contributed by atoms with van der Waals surface area (Å²) in [4.78, 5) is 11.7. The number of hydrogen-bond acceptors (Lipinski definition) is 4. The van der Waals surface area contributed by atoms with E-state index in [-0.39, 0.29) is 0 Å². The van der Waals surface area contributed by atoms with Gasteiger partial charge in [-0.25, -0.2) is 4.79 Å². The van der Waals surface area contributed by atoms with Crippen LogP contribution in [0.2, 0.25) is 5.02 Å². The van der Waals surface area contributed by atoms with Crippen molar-refractivity contribution >= 4 is 17.6 Å². The molecule has 0 radical (unpaired) electrons. The summed E-state index contributed by atoms with van der Waals surface area (Å²) in [6.45, 7) is 3.50. The molecular weight excluding hydrogens is 256 g/mol. The van der Waals surface area contributed by atoms with E-state index in [9.17, 15) is 4.79 Å². The van der Waals surface area contributed by atoms with Gasteiger partial charge >= 0.3 is 5.97 Å². The molecule has 1 saturated heterocycles.